The van der Waals surface area contributed by atoms with Gasteiger partial charge in [0.25, 0.3) is 0 Å². The van der Waals surface area contributed by atoms with Crippen molar-refractivity contribution in [2.75, 3.05) is 5.32 Å². The topological polar surface area (TPSA) is 79.4 Å². The molecular formula is C10H9ClN6. The number of hydrogen-bond acceptors (Lipinski definition) is 5. The van der Waals surface area contributed by atoms with E-state index in [1.54, 1.807) is 24.1 Å². The van der Waals surface area contributed by atoms with Crippen LogP contribution in [0.2, 0.25) is 5.02 Å². The van der Waals surface area contributed by atoms with Crippen LogP contribution in [-0.4, -0.2) is 19.7 Å². The predicted molar refractivity (Wildman–Crippen MR) is 62.3 cm³/mol. The third kappa shape index (κ3) is 2.52. The summed E-state index contributed by atoms with van der Waals surface area (Å²) in [5, 5.41) is 16.2. The zero-order valence-electron chi connectivity index (χ0n) is 9.05. The van der Waals surface area contributed by atoms with Crippen LogP contribution < -0.4 is 5.32 Å². The van der Waals surface area contributed by atoms with E-state index in [0.717, 1.165) is 0 Å². The second kappa shape index (κ2) is 4.80. The number of nitriles is 1. The van der Waals surface area contributed by atoms with Gasteiger partial charge in [-0.1, -0.05) is 11.6 Å². The summed E-state index contributed by atoms with van der Waals surface area (Å²) in [4.78, 5) is 8.11. The lowest BCUT2D eigenvalue weighted by Crippen LogP contribution is -2.04. The average Bonchev–Trinajstić information content (AvgIpc) is 2.74. The van der Waals surface area contributed by atoms with Crippen molar-refractivity contribution in [3.05, 3.63) is 35.0 Å². The maximum Gasteiger partial charge on any atom is 0.169 e. The van der Waals surface area contributed by atoms with E-state index in [2.05, 4.69) is 20.4 Å². The fourth-order valence-electron chi connectivity index (χ4n) is 1.28. The molecule has 0 amide bonds. The molecule has 17 heavy (non-hydrogen) atoms. The first-order chi connectivity index (χ1) is 8.20. The molecule has 0 aliphatic carbocycles. The van der Waals surface area contributed by atoms with E-state index in [0.29, 0.717) is 28.8 Å². The number of aromatic nitrogens is 4. The molecule has 0 saturated carbocycles. The Hall–Kier alpha value is -2.13. The summed E-state index contributed by atoms with van der Waals surface area (Å²) in [6.45, 7) is 0.405. The first kappa shape index (κ1) is 11.4. The first-order valence-electron chi connectivity index (χ1n) is 4.83. The second-order valence-electron chi connectivity index (χ2n) is 3.32. The van der Waals surface area contributed by atoms with Gasteiger partial charge in [-0.05, 0) is 6.07 Å². The van der Waals surface area contributed by atoms with Crippen LogP contribution in [0.15, 0.2) is 18.6 Å². The van der Waals surface area contributed by atoms with E-state index in [4.69, 9.17) is 16.9 Å². The highest BCUT2D eigenvalue weighted by atomic mass is 35.5. The Bertz CT molecular complexity index is 570. The van der Waals surface area contributed by atoms with Crippen LogP contribution in [-0.2, 0) is 13.6 Å². The minimum Gasteiger partial charge on any atom is -0.361 e. The zero-order chi connectivity index (χ0) is 12.3. The van der Waals surface area contributed by atoms with Gasteiger partial charge in [0.2, 0.25) is 0 Å². The SMILES string of the molecule is Cn1cnc(CNc2nccc(C#N)c2Cl)n1. The summed E-state index contributed by atoms with van der Waals surface area (Å²) in [5.41, 5.74) is 0.387. The first-order valence-corrected chi connectivity index (χ1v) is 5.21. The van der Waals surface area contributed by atoms with E-state index in [9.17, 15) is 0 Å². The monoisotopic (exact) mass is 248 g/mol. The van der Waals surface area contributed by atoms with Gasteiger partial charge in [-0.25, -0.2) is 9.97 Å². The van der Waals surface area contributed by atoms with Gasteiger partial charge in [0.1, 0.15) is 23.2 Å². The van der Waals surface area contributed by atoms with Crippen molar-refractivity contribution < 1.29 is 0 Å². The maximum atomic E-state index is 8.81. The van der Waals surface area contributed by atoms with E-state index in [1.807, 2.05) is 6.07 Å². The summed E-state index contributed by atoms with van der Waals surface area (Å²) in [5.74, 6) is 1.09. The number of rotatable bonds is 3. The standard InChI is InChI=1S/C10H9ClN6/c1-17-6-15-8(16-17)5-14-10-9(11)7(4-12)2-3-13-10/h2-3,6H,5H2,1H3,(H,13,14). The molecule has 2 aromatic rings. The summed E-state index contributed by atoms with van der Waals surface area (Å²) >= 11 is 5.99. The lowest BCUT2D eigenvalue weighted by molar-refractivity contribution is 0.747. The molecule has 0 atom stereocenters. The smallest absolute Gasteiger partial charge is 0.169 e. The third-order valence-electron chi connectivity index (χ3n) is 2.07. The van der Waals surface area contributed by atoms with E-state index >= 15 is 0 Å². The molecule has 0 aromatic carbocycles. The van der Waals surface area contributed by atoms with Crippen LogP contribution in [0.25, 0.3) is 0 Å². The largest absolute Gasteiger partial charge is 0.361 e. The Labute approximate surface area is 103 Å². The molecular weight excluding hydrogens is 240 g/mol. The highest BCUT2D eigenvalue weighted by Gasteiger charge is 2.07. The number of anilines is 1. The lowest BCUT2D eigenvalue weighted by Gasteiger charge is -2.05. The van der Waals surface area contributed by atoms with Crippen molar-refractivity contribution in [3.63, 3.8) is 0 Å². The maximum absolute atomic E-state index is 8.81. The minimum atomic E-state index is 0.311. The van der Waals surface area contributed by atoms with Gasteiger partial charge in [0.05, 0.1) is 12.1 Å². The molecule has 0 aliphatic rings. The van der Waals surface area contributed by atoms with Crippen LogP contribution in [0.4, 0.5) is 5.82 Å². The van der Waals surface area contributed by atoms with Gasteiger partial charge in [-0.3, -0.25) is 4.68 Å². The van der Waals surface area contributed by atoms with Gasteiger partial charge in [-0.2, -0.15) is 10.4 Å². The molecule has 2 rings (SSSR count). The van der Waals surface area contributed by atoms with Gasteiger partial charge in [-0.15, -0.1) is 0 Å². The Balaban J connectivity index is 2.12. The van der Waals surface area contributed by atoms with Crippen molar-refractivity contribution in [2.24, 2.45) is 7.05 Å². The van der Waals surface area contributed by atoms with Gasteiger partial charge < -0.3 is 5.32 Å². The summed E-state index contributed by atoms with van der Waals surface area (Å²) in [7, 11) is 1.79. The minimum absolute atomic E-state index is 0.311. The molecule has 0 saturated heterocycles. The van der Waals surface area contributed by atoms with Crippen LogP contribution in [0.1, 0.15) is 11.4 Å². The van der Waals surface area contributed by atoms with Crippen LogP contribution >= 0.6 is 11.6 Å². The molecule has 0 aliphatic heterocycles. The van der Waals surface area contributed by atoms with E-state index in [1.165, 1.54) is 6.20 Å². The Morgan fingerprint density at radius 3 is 3.00 bits per heavy atom. The number of nitrogens with one attached hydrogen (secondary N) is 1. The fourth-order valence-corrected chi connectivity index (χ4v) is 1.50. The third-order valence-corrected chi connectivity index (χ3v) is 2.45. The number of hydrogen-bond donors (Lipinski definition) is 1. The molecule has 7 heteroatoms. The molecule has 0 fully saturated rings. The lowest BCUT2D eigenvalue weighted by atomic mass is 10.3. The predicted octanol–water partition coefficient (Wildman–Crippen LogP) is 1.35. The second-order valence-corrected chi connectivity index (χ2v) is 3.70. The molecule has 2 heterocycles. The number of nitrogens with zero attached hydrogens (tertiary/aromatic N) is 5. The highest BCUT2D eigenvalue weighted by molar-refractivity contribution is 6.34. The van der Waals surface area contributed by atoms with Crippen LogP contribution in [0.3, 0.4) is 0 Å². The molecule has 86 valence electrons. The number of pyridine rings is 1. The average molecular weight is 249 g/mol. The summed E-state index contributed by atoms with van der Waals surface area (Å²) in [6, 6.07) is 3.55. The molecule has 0 bridgehead atoms. The molecule has 2 aromatic heterocycles. The Morgan fingerprint density at radius 2 is 2.35 bits per heavy atom. The Kier molecular flexibility index (Phi) is 3.21. The van der Waals surface area contributed by atoms with Crippen LogP contribution in [0, 0.1) is 11.3 Å². The van der Waals surface area contributed by atoms with E-state index < -0.39 is 0 Å². The summed E-state index contributed by atoms with van der Waals surface area (Å²) < 4.78 is 1.61. The molecule has 0 unspecified atom stereocenters. The van der Waals surface area contributed by atoms with Crippen molar-refractivity contribution in [2.45, 2.75) is 6.54 Å². The van der Waals surface area contributed by atoms with Crippen LogP contribution in [0.5, 0.6) is 0 Å². The van der Waals surface area contributed by atoms with Crippen molar-refractivity contribution in [3.8, 4) is 6.07 Å². The van der Waals surface area contributed by atoms with Gasteiger partial charge in [0.15, 0.2) is 5.82 Å². The van der Waals surface area contributed by atoms with E-state index in [-0.39, 0.29) is 0 Å². The number of aryl methyl sites for hydroxylation is 1. The van der Waals surface area contributed by atoms with Crippen molar-refractivity contribution in [1.29, 1.82) is 5.26 Å². The highest BCUT2D eigenvalue weighted by Crippen LogP contribution is 2.22. The normalized spacial score (nSPS) is 9.94. The van der Waals surface area contributed by atoms with Crippen molar-refractivity contribution in [1.82, 2.24) is 19.7 Å². The molecule has 6 nitrogen and oxygen atoms in total. The molecule has 0 radical (unpaired) electrons. The van der Waals surface area contributed by atoms with Gasteiger partial charge >= 0.3 is 0 Å². The fraction of sp³-hybridized carbons (Fsp3) is 0.200. The molecule has 1 N–H and O–H groups in total. The quantitative estimate of drug-likeness (QED) is 0.887. The van der Waals surface area contributed by atoms with Crippen molar-refractivity contribution >= 4 is 17.4 Å². The number of halogens is 1. The van der Waals surface area contributed by atoms with Gasteiger partial charge in [0, 0.05) is 13.2 Å². The zero-order valence-corrected chi connectivity index (χ0v) is 9.81. The Morgan fingerprint density at radius 1 is 1.53 bits per heavy atom. The molecule has 0 spiro atoms. The summed E-state index contributed by atoms with van der Waals surface area (Å²) in [6.07, 6.45) is 3.14.